The van der Waals surface area contributed by atoms with Crippen LogP contribution >= 0.6 is 15.9 Å². The first-order valence-electron chi connectivity index (χ1n) is 7.03. The van der Waals surface area contributed by atoms with Gasteiger partial charge in [-0.25, -0.2) is 4.39 Å². The number of hydrogen-bond acceptors (Lipinski definition) is 3. The molecule has 1 fully saturated rings. The Labute approximate surface area is 132 Å². The predicted octanol–water partition coefficient (Wildman–Crippen LogP) is 2.62. The number of benzene rings is 1. The van der Waals surface area contributed by atoms with Crippen LogP contribution in [0, 0.1) is 5.82 Å². The predicted molar refractivity (Wildman–Crippen MR) is 82.3 cm³/mol. The summed E-state index contributed by atoms with van der Waals surface area (Å²) in [5, 5.41) is 0. The highest BCUT2D eigenvalue weighted by atomic mass is 79.9. The van der Waals surface area contributed by atoms with Gasteiger partial charge in [0.1, 0.15) is 5.82 Å². The molecule has 0 aromatic heterocycles. The molecule has 116 valence electrons. The van der Waals surface area contributed by atoms with Crippen molar-refractivity contribution in [1.29, 1.82) is 0 Å². The normalized spacial score (nSPS) is 23.2. The van der Waals surface area contributed by atoms with Crippen LogP contribution in [-0.4, -0.2) is 37.1 Å². The highest BCUT2D eigenvalue weighted by molar-refractivity contribution is 9.10. The summed E-state index contributed by atoms with van der Waals surface area (Å²) in [5.74, 6) is -0.295. The van der Waals surface area contributed by atoms with Gasteiger partial charge in [0.05, 0.1) is 17.1 Å². The largest absolute Gasteiger partial charge is 0.383 e. The van der Waals surface area contributed by atoms with Gasteiger partial charge in [0.25, 0.3) is 0 Å². The van der Waals surface area contributed by atoms with Gasteiger partial charge in [0.15, 0.2) is 0 Å². The van der Waals surface area contributed by atoms with Gasteiger partial charge in [0, 0.05) is 26.1 Å². The Balaban J connectivity index is 2.36. The van der Waals surface area contributed by atoms with Crippen molar-refractivity contribution < 1.29 is 13.9 Å². The molecule has 0 radical (unpaired) electrons. The summed E-state index contributed by atoms with van der Waals surface area (Å²) >= 11 is 3.15. The molecule has 2 atom stereocenters. The third kappa shape index (κ3) is 3.81. The van der Waals surface area contributed by atoms with E-state index in [1.807, 2.05) is 6.07 Å². The van der Waals surface area contributed by atoms with E-state index in [4.69, 9.17) is 10.5 Å². The SMILES string of the molecule is COCCN1C(=O)CCCC(N)C1c1ccc(Br)c(F)c1. The summed E-state index contributed by atoms with van der Waals surface area (Å²) in [6.07, 6.45) is 1.99. The fourth-order valence-corrected chi connectivity index (χ4v) is 3.00. The van der Waals surface area contributed by atoms with E-state index >= 15 is 0 Å². The lowest BCUT2D eigenvalue weighted by Gasteiger charge is -2.34. The Bertz CT molecular complexity index is 512. The minimum Gasteiger partial charge on any atom is -0.383 e. The summed E-state index contributed by atoms with van der Waals surface area (Å²) in [6, 6.07) is 4.41. The number of nitrogens with zero attached hydrogens (tertiary/aromatic N) is 1. The Morgan fingerprint density at radius 2 is 2.29 bits per heavy atom. The summed E-state index contributed by atoms with van der Waals surface area (Å²) in [5.41, 5.74) is 6.99. The zero-order valence-corrected chi connectivity index (χ0v) is 13.6. The van der Waals surface area contributed by atoms with Crippen LogP contribution in [0.3, 0.4) is 0 Å². The van der Waals surface area contributed by atoms with Crippen molar-refractivity contribution in [2.45, 2.75) is 31.3 Å². The number of carbonyl (C=O) groups excluding carboxylic acids is 1. The van der Waals surface area contributed by atoms with Gasteiger partial charge in [-0.15, -0.1) is 0 Å². The van der Waals surface area contributed by atoms with Gasteiger partial charge >= 0.3 is 0 Å². The number of carbonyl (C=O) groups is 1. The fourth-order valence-electron chi connectivity index (χ4n) is 2.75. The maximum Gasteiger partial charge on any atom is 0.223 e. The highest BCUT2D eigenvalue weighted by Crippen LogP contribution is 2.31. The number of nitrogens with two attached hydrogens (primary N) is 1. The lowest BCUT2D eigenvalue weighted by Crippen LogP contribution is -2.43. The van der Waals surface area contributed by atoms with Crippen molar-refractivity contribution in [2.75, 3.05) is 20.3 Å². The summed E-state index contributed by atoms with van der Waals surface area (Å²) in [6.45, 7) is 0.902. The first-order valence-corrected chi connectivity index (χ1v) is 7.83. The fraction of sp³-hybridized carbons (Fsp3) is 0.533. The molecule has 1 aliphatic rings. The molecule has 1 amide bonds. The molecule has 4 nitrogen and oxygen atoms in total. The smallest absolute Gasteiger partial charge is 0.223 e. The second-order valence-corrected chi connectivity index (χ2v) is 6.11. The average Bonchev–Trinajstić information content (AvgIpc) is 2.59. The van der Waals surface area contributed by atoms with Crippen molar-refractivity contribution in [3.05, 3.63) is 34.1 Å². The Kier molecular flexibility index (Phi) is 5.72. The van der Waals surface area contributed by atoms with Crippen molar-refractivity contribution in [3.63, 3.8) is 0 Å². The molecule has 21 heavy (non-hydrogen) atoms. The number of hydrogen-bond donors (Lipinski definition) is 1. The van der Waals surface area contributed by atoms with Crippen LogP contribution < -0.4 is 5.73 Å². The maximum absolute atomic E-state index is 13.8. The second-order valence-electron chi connectivity index (χ2n) is 5.25. The van der Waals surface area contributed by atoms with Gasteiger partial charge < -0.3 is 15.4 Å². The quantitative estimate of drug-likeness (QED) is 0.899. The van der Waals surface area contributed by atoms with Crippen molar-refractivity contribution in [2.24, 2.45) is 5.73 Å². The maximum atomic E-state index is 13.8. The lowest BCUT2D eigenvalue weighted by atomic mass is 9.96. The zero-order chi connectivity index (χ0) is 15.4. The van der Waals surface area contributed by atoms with E-state index in [9.17, 15) is 9.18 Å². The van der Waals surface area contributed by atoms with Crippen molar-refractivity contribution in [3.8, 4) is 0 Å². The second kappa shape index (κ2) is 7.33. The molecule has 0 spiro atoms. The standard InChI is InChI=1S/C15H20BrFN2O2/c1-21-8-7-19-14(20)4-2-3-13(18)15(19)10-5-6-11(16)12(17)9-10/h5-6,9,13,15H,2-4,7-8,18H2,1H3. The van der Waals surface area contributed by atoms with Gasteiger partial charge in [-0.05, 0) is 46.5 Å². The van der Waals surface area contributed by atoms with Crippen LogP contribution in [0.5, 0.6) is 0 Å². The summed E-state index contributed by atoms with van der Waals surface area (Å²) in [4.78, 5) is 14.0. The summed E-state index contributed by atoms with van der Waals surface area (Å²) < 4.78 is 19.3. The van der Waals surface area contributed by atoms with E-state index in [0.717, 1.165) is 18.4 Å². The molecule has 1 heterocycles. The third-order valence-electron chi connectivity index (χ3n) is 3.81. The monoisotopic (exact) mass is 358 g/mol. The van der Waals surface area contributed by atoms with Gasteiger partial charge in [-0.2, -0.15) is 0 Å². The minimum absolute atomic E-state index is 0.0494. The molecule has 0 aliphatic carbocycles. The first-order chi connectivity index (χ1) is 10.0. The Morgan fingerprint density at radius 3 is 2.95 bits per heavy atom. The van der Waals surface area contributed by atoms with E-state index in [2.05, 4.69) is 15.9 Å². The van der Waals surface area contributed by atoms with E-state index in [1.165, 1.54) is 6.07 Å². The minimum atomic E-state index is -0.344. The van der Waals surface area contributed by atoms with Gasteiger partial charge in [-0.1, -0.05) is 6.07 Å². The molecular formula is C15H20BrFN2O2. The molecule has 1 saturated heterocycles. The molecule has 0 saturated carbocycles. The number of rotatable bonds is 4. The molecule has 2 unspecified atom stereocenters. The van der Waals surface area contributed by atoms with E-state index in [1.54, 1.807) is 18.1 Å². The van der Waals surface area contributed by atoms with E-state index in [-0.39, 0.29) is 23.8 Å². The van der Waals surface area contributed by atoms with Crippen LogP contribution in [0.25, 0.3) is 0 Å². The number of methoxy groups -OCH3 is 1. The molecule has 6 heteroatoms. The van der Waals surface area contributed by atoms with E-state index in [0.29, 0.717) is 24.0 Å². The third-order valence-corrected chi connectivity index (χ3v) is 4.45. The van der Waals surface area contributed by atoms with Crippen molar-refractivity contribution >= 4 is 21.8 Å². The first kappa shape index (κ1) is 16.4. The molecule has 2 N–H and O–H groups in total. The Morgan fingerprint density at radius 1 is 1.52 bits per heavy atom. The molecule has 2 rings (SSSR count). The van der Waals surface area contributed by atoms with E-state index < -0.39 is 0 Å². The van der Waals surface area contributed by atoms with Gasteiger partial charge in [-0.3, -0.25) is 4.79 Å². The molecule has 1 aliphatic heterocycles. The van der Waals surface area contributed by atoms with Crippen LogP contribution in [0.4, 0.5) is 4.39 Å². The van der Waals surface area contributed by atoms with Crippen LogP contribution in [-0.2, 0) is 9.53 Å². The topological polar surface area (TPSA) is 55.6 Å². The average molecular weight is 359 g/mol. The molecule has 1 aromatic rings. The lowest BCUT2D eigenvalue weighted by molar-refractivity contribution is -0.134. The van der Waals surface area contributed by atoms with Crippen LogP contribution in [0.15, 0.2) is 22.7 Å². The number of ether oxygens (including phenoxy) is 1. The molecule has 0 bridgehead atoms. The number of halogens is 2. The number of likely N-dealkylation sites (tertiary alicyclic amines) is 1. The number of amides is 1. The van der Waals surface area contributed by atoms with Crippen LogP contribution in [0.1, 0.15) is 30.9 Å². The van der Waals surface area contributed by atoms with Gasteiger partial charge in [0.2, 0.25) is 5.91 Å². The highest BCUT2D eigenvalue weighted by Gasteiger charge is 2.32. The molecule has 1 aromatic carbocycles. The summed E-state index contributed by atoms with van der Waals surface area (Å²) in [7, 11) is 1.59. The van der Waals surface area contributed by atoms with Crippen LogP contribution in [0.2, 0.25) is 0 Å². The molecular weight excluding hydrogens is 339 g/mol. The van der Waals surface area contributed by atoms with Crippen molar-refractivity contribution in [1.82, 2.24) is 4.90 Å². The zero-order valence-electron chi connectivity index (χ0n) is 12.0. The Hall–Kier alpha value is -0.980.